The number of halogens is 1. The second-order valence-corrected chi connectivity index (χ2v) is 8.47. The van der Waals surface area contributed by atoms with E-state index in [0.717, 1.165) is 18.5 Å². The molecule has 0 aliphatic carbocycles. The van der Waals surface area contributed by atoms with E-state index in [-0.39, 0.29) is 5.54 Å². The smallest absolute Gasteiger partial charge is 0.243 e. The zero-order valence-electron chi connectivity index (χ0n) is 12.8. The maximum absolute atomic E-state index is 12.7. The molecule has 0 radical (unpaired) electrons. The lowest BCUT2D eigenvalue weighted by molar-refractivity contribution is 0.0801. The molecule has 0 N–H and O–H groups in total. The minimum absolute atomic E-state index is 0.149. The first-order valence-electron chi connectivity index (χ1n) is 7.14. The van der Waals surface area contributed by atoms with E-state index in [9.17, 15) is 8.42 Å². The largest absolute Gasteiger partial charge is 0.299 e. The maximum Gasteiger partial charge on any atom is 0.243 e. The highest BCUT2D eigenvalue weighted by atomic mass is 35.5. The van der Waals surface area contributed by atoms with Crippen LogP contribution in [0.5, 0.6) is 0 Å². The number of likely N-dealkylation sites (N-methyl/N-ethyl adjacent to an activating group) is 1. The van der Waals surface area contributed by atoms with Crippen molar-refractivity contribution >= 4 is 21.6 Å². The van der Waals surface area contributed by atoms with Crippen molar-refractivity contribution in [3.8, 4) is 0 Å². The predicted octanol–water partition coefficient (Wildman–Crippen LogP) is 2.18. The summed E-state index contributed by atoms with van der Waals surface area (Å²) in [4.78, 5) is 2.56. The molecule has 1 aliphatic heterocycles. The summed E-state index contributed by atoms with van der Waals surface area (Å²) in [6, 6.07) is 7.05. The molecule has 118 valence electrons. The predicted molar refractivity (Wildman–Crippen MR) is 86.3 cm³/mol. The van der Waals surface area contributed by atoms with Gasteiger partial charge >= 0.3 is 0 Å². The van der Waals surface area contributed by atoms with Gasteiger partial charge in [0.25, 0.3) is 0 Å². The molecule has 1 aromatic carbocycles. The van der Waals surface area contributed by atoms with Gasteiger partial charge in [0.2, 0.25) is 10.0 Å². The van der Waals surface area contributed by atoms with Crippen molar-refractivity contribution in [1.82, 2.24) is 9.21 Å². The van der Waals surface area contributed by atoms with Crippen molar-refractivity contribution in [3.63, 3.8) is 0 Å². The quantitative estimate of drug-likeness (QED) is 0.795. The number of hydrogen-bond donors (Lipinski definition) is 0. The lowest BCUT2D eigenvalue weighted by Gasteiger charge is -2.44. The molecule has 0 aromatic heterocycles. The molecule has 1 saturated heterocycles. The molecule has 6 heteroatoms. The summed E-state index contributed by atoms with van der Waals surface area (Å²) in [7, 11) is -1.38. The highest BCUT2D eigenvalue weighted by Crippen LogP contribution is 2.25. The average Bonchev–Trinajstić information content (AvgIpc) is 2.42. The molecule has 0 unspecified atom stereocenters. The summed E-state index contributed by atoms with van der Waals surface area (Å²) in [5.74, 6) is 0.540. The van der Waals surface area contributed by atoms with E-state index >= 15 is 0 Å². The van der Waals surface area contributed by atoms with Gasteiger partial charge in [-0.05, 0) is 45.0 Å². The minimum Gasteiger partial charge on any atom is -0.299 e. The van der Waals surface area contributed by atoms with E-state index < -0.39 is 10.0 Å². The van der Waals surface area contributed by atoms with Crippen molar-refractivity contribution in [1.29, 1.82) is 0 Å². The summed E-state index contributed by atoms with van der Waals surface area (Å²) in [6.07, 6.45) is 0.753. The standard InChI is InChI=1S/C15H23ClN2O2S/c1-15(2)12-18(11-10-17(15)3)21(19,20)14-6-4-13(5-7-14)8-9-16/h4-7H,8-12H2,1-3H3. The highest BCUT2D eigenvalue weighted by molar-refractivity contribution is 7.89. The lowest BCUT2D eigenvalue weighted by Crippen LogP contribution is -2.58. The molecule has 1 fully saturated rings. The normalized spacial score (nSPS) is 20.6. The van der Waals surface area contributed by atoms with Crippen LogP contribution in [0.2, 0.25) is 0 Å². The van der Waals surface area contributed by atoms with E-state index in [1.54, 1.807) is 16.4 Å². The van der Waals surface area contributed by atoms with Crippen LogP contribution in [0.1, 0.15) is 19.4 Å². The summed E-state index contributed by atoms with van der Waals surface area (Å²) >= 11 is 5.70. The molecule has 1 aromatic rings. The Kier molecular flexibility index (Phi) is 4.98. The molecule has 0 amide bonds. The summed E-state index contributed by atoms with van der Waals surface area (Å²) < 4.78 is 27.1. The first-order chi connectivity index (χ1) is 9.77. The van der Waals surface area contributed by atoms with Gasteiger partial charge in [-0.1, -0.05) is 12.1 Å². The second-order valence-electron chi connectivity index (χ2n) is 6.16. The third-order valence-corrected chi connectivity index (χ3v) is 6.27. The lowest BCUT2D eigenvalue weighted by atomic mass is 10.0. The zero-order chi connectivity index (χ0) is 15.7. The molecule has 1 heterocycles. The van der Waals surface area contributed by atoms with Gasteiger partial charge in [-0.3, -0.25) is 4.90 Å². The van der Waals surface area contributed by atoms with E-state index in [4.69, 9.17) is 11.6 Å². The van der Waals surface area contributed by atoms with Gasteiger partial charge in [-0.15, -0.1) is 11.6 Å². The number of nitrogens with zero attached hydrogens (tertiary/aromatic N) is 2. The fourth-order valence-electron chi connectivity index (χ4n) is 2.49. The van der Waals surface area contributed by atoms with Crippen molar-refractivity contribution < 1.29 is 8.42 Å². The topological polar surface area (TPSA) is 40.6 Å². The molecule has 0 spiro atoms. The number of hydrogen-bond acceptors (Lipinski definition) is 3. The first kappa shape index (κ1) is 16.7. The Morgan fingerprint density at radius 3 is 2.33 bits per heavy atom. The summed E-state index contributed by atoms with van der Waals surface area (Å²) in [5.41, 5.74) is 0.909. The summed E-state index contributed by atoms with van der Waals surface area (Å²) in [5, 5.41) is 0. The number of benzene rings is 1. The van der Waals surface area contributed by atoms with Crippen LogP contribution in [0, 0.1) is 0 Å². The maximum atomic E-state index is 12.7. The van der Waals surface area contributed by atoms with Crippen LogP contribution in [-0.4, -0.2) is 55.7 Å². The van der Waals surface area contributed by atoms with Gasteiger partial charge in [-0.2, -0.15) is 4.31 Å². The third kappa shape index (κ3) is 3.59. The van der Waals surface area contributed by atoms with Crippen molar-refractivity contribution in [2.24, 2.45) is 0 Å². The van der Waals surface area contributed by atoms with E-state index in [0.29, 0.717) is 23.9 Å². The Hall–Kier alpha value is -0.620. The van der Waals surface area contributed by atoms with Crippen LogP contribution in [0.4, 0.5) is 0 Å². The fraction of sp³-hybridized carbons (Fsp3) is 0.600. The Morgan fingerprint density at radius 2 is 1.81 bits per heavy atom. The van der Waals surface area contributed by atoms with Gasteiger partial charge in [0.1, 0.15) is 0 Å². The van der Waals surface area contributed by atoms with Crippen LogP contribution < -0.4 is 0 Å². The molecule has 0 saturated carbocycles. The molecule has 0 atom stereocenters. The summed E-state index contributed by atoms with van der Waals surface area (Å²) in [6.45, 7) is 5.92. The molecule has 0 bridgehead atoms. The van der Waals surface area contributed by atoms with E-state index in [1.807, 2.05) is 19.2 Å². The van der Waals surface area contributed by atoms with Gasteiger partial charge in [0.05, 0.1) is 4.90 Å². The number of aryl methyl sites for hydroxylation is 1. The molecule has 4 nitrogen and oxygen atoms in total. The van der Waals surface area contributed by atoms with Crippen LogP contribution in [0.15, 0.2) is 29.2 Å². The molecular weight excluding hydrogens is 308 g/mol. The Labute approximate surface area is 132 Å². The monoisotopic (exact) mass is 330 g/mol. The van der Waals surface area contributed by atoms with Crippen LogP contribution in [0.25, 0.3) is 0 Å². The molecular formula is C15H23ClN2O2S. The van der Waals surface area contributed by atoms with Gasteiger partial charge in [0, 0.05) is 31.1 Å². The minimum atomic E-state index is -3.41. The number of piperazine rings is 1. The zero-order valence-corrected chi connectivity index (χ0v) is 14.4. The van der Waals surface area contributed by atoms with E-state index in [2.05, 4.69) is 18.7 Å². The fourth-order valence-corrected chi connectivity index (χ4v) is 4.29. The second kappa shape index (κ2) is 6.24. The Balaban J connectivity index is 2.22. The van der Waals surface area contributed by atoms with Crippen LogP contribution in [-0.2, 0) is 16.4 Å². The van der Waals surface area contributed by atoms with Crippen molar-refractivity contribution in [2.75, 3.05) is 32.6 Å². The molecule has 1 aliphatic rings. The van der Waals surface area contributed by atoms with Crippen LogP contribution >= 0.6 is 11.6 Å². The van der Waals surface area contributed by atoms with Crippen LogP contribution in [0.3, 0.4) is 0 Å². The number of rotatable bonds is 4. The number of alkyl halides is 1. The first-order valence-corrected chi connectivity index (χ1v) is 9.11. The molecule has 2 rings (SSSR count). The van der Waals surface area contributed by atoms with Gasteiger partial charge in [-0.25, -0.2) is 8.42 Å². The van der Waals surface area contributed by atoms with Crippen molar-refractivity contribution in [2.45, 2.75) is 30.7 Å². The van der Waals surface area contributed by atoms with Gasteiger partial charge < -0.3 is 0 Å². The highest BCUT2D eigenvalue weighted by Gasteiger charge is 2.37. The Bertz CT molecular complexity index is 584. The van der Waals surface area contributed by atoms with E-state index in [1.165, 1.54) is 0 Å². The molecule has 21 heavy (non-hydrogen) atoms. The average molecular weight is 331 g/mol. The number of sulfonamides is 1. The van der Waals surface area contributed by atoms with Gasteiger partial charge in [0.15, 0.2) is 0 Å². The third-order valence-electron chi connectivity index (χ3n) is 4.23. The van der Waals surface area contributed by atoms with Crippen molar-refractivity contribution in [3.05, 3.63) is 29.8 Å². The SMILES string of the molecule is CN1CCN(S(=O)(=O)c2ccc(CCCl)cc2)CC1(C)C. The Morgan fingerprint density at radius 1 is 1.19 bits per heavy atom.